The van der Waals surface area contributed by atoms with Crippen molar-refractivity contribution >= 4 is 21.7 Å². The Bertz CT molecular complexity index is 473. The molecule has 0 atom stereocenters. The zero-order chi connectivity index (χ0) is 12.3. The highest BCUT2D eigenvalue weighted by atomic mass is 79.9. The molecule has 0 saturated carbocycles. The van der Waals surface area contributed by atoms with E-state index in [9.17, 15) is 18.9 Å². The number of nitriles is 1. The van der Waals surface area contributed by atoms with Gasteiger partial charge in [0, 0.05) is 4.47 Å². The van der Waals surface area contributed by atoms with Crippen LogP contribution in [0.3, 0.4) is 0 Å². The third-order valence-corrected chi connectivity index (χ3v) is 2.71. The largest absolute Gasteiger partial charge is 0.368 e. The summed E-state index contributed by atoms with van der Waals surface area (Å²) in [5, 5.41) is 19.0. The van der Waals surface area contributed by atoms with Crippen LogP contribution in [0.4, 0.5) is 14.6 Å². The summed E-state index contributed by atoms with van der Waals surface area (Å²) in [4.78, 5) is 13.1. The van der Waals surface area contributed by atoms with E-state index in [0.717, 1.165) is 6.20 Å². The Labute approximate surface area is 97.0 Å². The van der Waals surface area contributed by atoms with Gasteiger partial charge in [-0.3, -0.25) is 0 Å². The van der Waals surface area contributed by atoms with E-state index >= 15 is 0 Å². The summed E-state index contributed by atoms with van der Waals surface area (Å²) in [5.41, 5.74) is -0.596. The maximum atomic E-state index is 12.5. The first-order valence-corrected chi connectivity index (χ1v) is 4.75. The second-order valence-corrected chi connectivity index (χ2v) is 3.52. The molecule has 0 aliphatic heterocycles. The van der Waals surface area contributed by atoms with Gasteiger partial charge in [-0.05, 0) is 25.8 Å². The average Bonchev–Trinajstić information content (AvgIpc) is 2.20. The number of halogens is 3. The van der Waals surface area contributed by atoms with Gasteiger partial charge in [0.1, 0.15) is 6.20 Å². The van der Waals surface area contributed by atoms with E-state index < -0.39 is 22.7 Å². The van der Waals surface area contributed by atoms with Gasteiger partial charge in [-0.2, -0.15) is 5.26 Å². The van der Waals surface area contributed by atoms with Crippen LogP contribution in [0, 0.1) is 21.4 Å². The van der Waals surface area contributed by atoms with Crippen LogP contribution >= 0.6 is 15.9 Å². The van der Waals surface area contributed by atoms with Crippen LogP contribution < -0.4 is 0 Å². The Morgan fingerprint density at radius 3 is 2.75 bits per heavy atom. The first-order valence-electron chi connectivity index (χ1n) is 3.95. The van der Waals surface area contributed by atoms with Crippen molar-refractivity contribution in [2.24, 2.45) is 0 Å². The number of nitro groups is 1. The van der Waals surface area contributed by atoms with E-state index in [0.29, 0.717) is 0 Å². The maximum Gasteiger partial charge on any atom is 0.368 e. The molecule has 1 aromatic heterocycles. The molecule has 0 spiro atoms. The van der Waals surface area contributed by atoms with Gasteiger partial charge in [-0.25, -0.2) is 8.78 Å². The lowest BCUT2D eigenvalue weighted by Crippen LogP contribution is -2.02. The fourth-order valence-electron chi connectivity index (χ4n) is 1.08. The quantitative estimate of drug-likeness (QED) is 0.633. The first kappa shape index (κ1) is 12.4. The van der Waals surface area contributed by atoms with Crippen LogP contribution in [0.5, 0.6) is 0 Å². The highest BCUT2D eigenvalue weighted by molar-refractivity contribution is 9.10. The molecule has 84 valence electrons. The first-order chi connectivity index (χ1) is 7.49. The van der Waals surface area contributed by atoms with Gasteiger partial charge in [-0.15, -0.1) is 0 Å². The van der Waals surface area contributed by atoms with Crippen LogP contribution in [-0.4, -0.2) is 9.91 Å². The Morgan fingerprint density at radius 2 is 2.31 bits per heavy atom. The molecule has 0 aliphatic carbocycles. The molecule has 0 N–H and O–H groups in total. The molecule has 0 aliphatic rings. The van der Waals surface area contributed by atoms with E-state index in [-0.39, 0.29) is 16.5 Å². The van der Waals surface area contributed by atoms with Crippen molar-refractivity contribution in [3.05, 3.63) is 31.9 Å². The van der Waals surface area contributed by atoms with Crippen LogP contribution in [0.15, 0.2) is 10.7 Å². The lowest BCUT2D eigenvalue weighted by atomic mass is 10.1. The SMILES string of the molecule is N#CCc1c([N+](=O)[O-])ncc(C(F)F)c1Br. The van der Waals surface area contributed by atoms with Crippen molar-refractivity contribution < 1.29 is 13.7 Å². The molecule has 0 bridgehead atoms. The molecule has 0 radical (unpaired) electrons. The Hall–Kier alpha value is -1.62. The standard InChI is InChI=1S/C8H4BrF2N3O2/c9-6-4(1-2-12)8(14(15)16)13-3-5(6)7(10)11/h3,7H,1H2. The normalized spacial score (nSPS) is 10.2. The molecule has 0 fully saturated rings. The van der Waals surface area contributed by atoms with E-state index in [1.165, 1.54) is 0 Å². The summed E-state index contributed by atoms with van der Waals surface area (Å²) in [6, 6.07) is 1.67. The Kier molecular flexibility index (Phi) is 3.84. The van der Waals surface area contributed by atoms with Crippen LogP contribution in [-0.2, 0) is 6.42 Å². The molecule has 1 rings (SSSR count). The van der Waals surface area contributed by atoms with Crippen molar-refractivity contribution in [2.45, 2.75) is 12.8 Å². The summed E-state index contributed by atoms with van der Waals surface area (Å²) >= 11 is 2.83. The Morgan fingerprint density at radius 1 is 1.69 bits per heavy atom. The third kappa shape index (κ3) is 2.30. The van der Waals surface area contributed by atoms with Crippen molar-refractivity contribution in [3.63, 3.8) is 0 Å². The minimum Gasteiger partial charge on any atom is -0.358 e. The summed E-state index contributed by atoms with van der Waals surface area (Å²) in [6.45, 7) is 0. The molecular weight excluding hydrogens is 288 g/mol. The molecule has 0 saturated heterocycles. The topological polar surface area (TPSA) is 79.8 Å². The monoisotopic (exact) mass is 291 g/mol. The minimum absolute atomic E-state index is 0.134. The number of hydrogen-bond acceptors (Lipinski definition) is 4. The molecule has 5 nitrogen and oxygen atoms in total. The zero-order valence-electron chi connectivity index (χ0n) is 7.65. The van der Waals surface area contributed by atoms with Gasteiger partial charge in [-0.1, -0.05) is 0 Å². The van der Waals surface area contributed by atoms with Crippen LogP contribution in [0.1, 0.15) is 17.6 Å². The van der Waals surface area contributed by atoms with Gasteiger partial charge in [0.25, 0.3) is 6.43 Å². The third-order valence-electron chi connectivity index (χ3n) is 1.78. The molecule has 16 heavy (non-hydrogen) atoms. The molecular formula is C8H4BrF2N3O2. The van der Waals surface area contributed by atoms with Crippen molar-refractivity contribution in [2.75, 3.05) is 0 Å². The van der Waals surface area contributed by atoms with Gasteiger partial charge < -0.3 is 10.1 Å². The average molecular weight is 292 g/mol. The number of hydrogen-bond donors (Lipinski definition) is 0. The predicted octanol–water partition coefficient (Wildman–Crippen LogP) is 2.76. The molecule has 0 aromatic carbocycles. The lowest BCUT2D eigenvalue weighted by Gasteiger charge is -2.05. The number of rotatable bonds is 3. The summed E-state index contributed by atoms with van der Waals surface area (Å²) in [7, 11) is 0. The highest BCUT2D eigenvalue weighted by Gasteiger charge is 2.25. The summed E-state index contributed by atoms with van der Waals surface area (Å²) in [5.74, 6) is -0.585. The summed E-state index contributed by atoms with van der Waals surface area (Å²) < 4.78 is 24.8. The summed E-state index contributed by atoms with van der Waals surface area (Å²) in [6.07, 6.45) is -2.43. The van der Waals surface area contributed by atoms with Crippen LogP contribution in [0.2, 0.25) is 0 Å². The van der Waals surface area contributed by atoms with Crippen molar-refractivity contribution in [3.8, 4) is 6.07 Å². The fourth-order valence-corrected chi connectivity index (χ4v) is 1.68. The molecule has 1 heterocycles. The van der Waals surface area contributed by atoms with Crippen LogP contribution in [0.25, 0.3) is 0 Å². The maximum absolute atomic E-state index is 12.5. The predicted molar refractivity (Wildman–Crippen MR) is 52.9 cm³/mol. The van der Waals surface area contributed by atoms with E-state index in [1.54, 1.807) is 6.07 Å². The zero-order valence-corrected chi connectivity index (χ0v) is 9.24. The molecule has 0 unspecified atom stereocenters. The van der Waals surface area contributed by atoms with E-state index in [4.69, 9.17) is 5.26 Å². The van der Waals surface area contributed by atoms with Crippen molar-refractivity contribution in [1.82, 2.24) is 4.98 Å². The van der Waals surface area contributed by atoms with Gasteiger partial charge >= 0.3 is 5.82 Å². The molecule has 0 amide bonds. The van der Waals surface area contributed by atoms with E-state index in [2.05, 4.69) is 20.9 Å². The number of aromatic nitrogens is 1. The van der Waals surface area contributed by atoms with Crippen molar-refractivity contribution in [1.29, 1.82) is 5.26 Å². The number of alkyl halides is 2. The molecule has 1 aromatic rings. The van der Waals surface area contributed by atoms with E-state index in [1.807, 2.05) is 0 Å². The highest BCUT2D eigenvalue weighted by Crippen LogP contribution is 2.33. The second-order valence-electron chi connectivity index (χ2n) is 2.72. The Balaban J connectivity index is 3.42. The number of pyridine rings is 1. The van der Waals surface area contributed by atoms with Gasteiger partial charge in [0.15, 0.2) is 0 Å². The van der Waals surface area contributed by atoms with Gasteiger partial charge in [0.2, 0.25) is 0 Å². The fraction of sp³-hybridized carbons (Fsp3) is 0.250. The lowest BCUT2D eigenvalue weighted by molar-refractivity contribution is -0.390. The smallest absolute Gasteiger partial charge is 0.358 e. The minimum atomic E-state index is -2.81. The van der Waals surface area contributed by atoms with Gasteiger partial charge in [0.05, 0.1) is 23.6 Å². The second kappa shape index (κ2) is 4.94. The molecule has 8 heteroatoms. The number of nitrogens with zero attached hydrogens (tertiary/aromatic N) is 3.